The lowest BCUT2D eigenvalue weighted by atomic mass is 9.83. The first-order valence-electron chi connectivity index (χ1n) is 7.41. The van der Waals surface area contributed by atoms with E-state index < -0.39 is 0 Å². The summed E-state index contributed by atoms with van der Waals surface area (Å²) in [7, 11) is 0. The van der Waals surface area contributed by atoms with E-state index in [0.29, 0.717) is 13.1 Å². The Balaban J connectivity index is 2.07. The number of benzene rings is 2. The van der Waals surface area contributed by atoms with E-state index in [9.17, 15) is 9.90 Å². The summed E-state index contributed by atoms with van der Waals surface area (Å²) in [5.41, 5.74) is 4.42. The second kappa shape index (κ2) is 6.16. The van der Waals surface area contributed by atoms with Crippen LogP contribution < -0.4 is 0 Å². The lowest BCUT2D eigenvalue weighted by molar-refractivity contribution is -0.127. The Labute approximate surface area is 130 Å². The topological polar surface area (TPSA) is 40.5 Å². The highest BCUT2D eigenvalue weighted by atomic mass is 16.3. The van der Waals surface area contributed by atoms with Crippen LogP contribution in [0.25, 0.3) is 0 Å². The summed E-state index contributed by atoms with van der Waals surface area (Å²) >= 11 is 0. The Morgan fingerprint density at radius 2 is 2.05 bits per heavy atom. The number of amides is 1. The van der Waals surface area contributed by atoms with Gasteiger partial charge in [0.15, 0.2) is 0 Å². The molecule has 0 unspecified atom stereocenters. The number of hydrogen-bond donors (Lipinski definition) is 1. The third-order valence-electron chi connectivity index (χ3n) is 4.22. The molecule has 3 heteroatoms. The fourth-order valence-corrected chi connectivity index (χ4v) is 3.07. The molecular weight excluding hydrogens is 274 g/mol. The molecule has 0 aliphatic carbocycles. The maximum atomic E-state index is 12.0. The molecule has 0 bridgehead atoms. The maximum Gasteiger partial charge on any atom is 0.246 e. The lowest BCUT2D eigenvalue weighted by Gasteiger charge is -2.35. The number of fused-ring (bicyclic) bond motifs is 1. The predicted molar refractivity (Wildman–Crippen MR) is 86.3 cm³/mol. The lowest BCUT2D eigenvalue weighted by Crippen LogP contribution is -2.37. The van der Waals surface area contributed by atoms with Gasteiger partial charge >= 0.3 is 0 Å². The Morgan fingerprint density at radius 1 is 1.27 bits per heavy atom. The minimum Gasteiger partial charge on any atom is -0.392 e. The number of carbonyl (C=O) groups is 1. The summed E-state index contributed by atoms with van der Waals surface area (Å²) in [4.78, 5) is 13.9. The van der Waals surface area contributed by atoms with Crippen molar-refractivity contribution in [2.45, 2.75) is 19.1 Å². The number of nitrogens with zero attached hydrogens (tertiary/aromatic N) is 1. The van der Waals surface area contributed by atoms with Crippen LogP contribution in [0.5, 0.6) is 0 Å². The summed E-state index contributed by atoms with van der Waals surface area (Å²) in [6, 6.07) is 16.2. The van der Waals surface area contributed by atoms with Crippen molar-refractivity contribution in [2.75, 3.05) is 6.54 Å². The Bertz CT molecular complexity index is 694. The van der Waals surface area contributed by atoms with Crippen LogP contribution in [-0.2, 0) is 17.9 Å². The summed E-state index contributed by atoms with van der Waals surface area (Å²) in [5, 5.41) is 9.40. The first kappa shape index (κ1) is 14.5. The van der Waals surface area contributed by atoms with Crippen LogP contribution in [0, 0.1) is 0 Å². The van der Waals surface area contributed by atoms with Crippen LogP contribution in [0.4, 0.5) is 0 Å². The van der Waals surface area contributed by atoms with E-state index in [1.165, 1.54) is 17.2 Å². The van der Waals surface area contributed by atoms with Gasteiger partial charge in [-0.15, -0.1) is 0 Å². The molecule has 1 atom stereocenters. The van der Waals surface area contributed by atoms with Crippen molar-refractivity contribution in [2.24, 2.45) is 0 Å². The van der Waals surface area contributed by atoms with Gasteiger partial charge in [-0.25, -0.2) is 0 Å². The predicted octanol–water partition coefficient (Wildman–Crippen LogP) is 2.84. The number of aliphatic hydroxyl groups excluding tert-OH is 1. The molecule has 1 heterocycles. The zero-order chi connectivity index (χ0) is 15.5. The molecule has 3 rings (SSSR count). The van der Waals surface area contributed by atoms with E-state index in [4.69, 9.17) is 0 Å². The molecule has 0 aromatic heterocycles. The minimum absolute atomic E-state index is 0.0318. The average Bonchev–Trinajstić information content (AvgIpc) is 2.60. The fraction of sp³-hybridized carbons (Fsp3) is 0.211. The first-order valence-corrected chi connectivity index (χ1v) is 7.41. The van der Waals surface area contributed by atoms with Crippen molar-refractivity contribution >= 4 is 5.91 Å². The third-order valence-corrected chi connectivity index (χ3v) is 4.22. The molecular formula is C19H19NO2. The summed E-state index contributed by atoms with van der Waals surface area (Å²) in [6.07, 6.45) is 1.37. The molecule has 0 fully saturated rings. The fourth-order valence-electron chi connectivity index (χ4n) is 3.07. The monoisotopic (exact) mass is 293 g/mol. The molecule has 0 saturated carbocycles. The van der Waals surface area contributed by atoms with E-state index in [-0.39, 0.29) is 18.4 Å². The number of hydrogen-bond acceptors (Lipinski definition) is 2. The molecule has 2 aromatic rings. The average molecular weight is 293 g/mol. The third kappa shape index (κ3) is 2.68. The molecule has 0 radical (unpaired) electrons. The zero-order valence-electron chi connectivity index (χ0n) is 12.4. The maximum absolute atomic E-state index is 12.0. The van der Waals surface area contributed by atoms with Gasteiger partial charge in [0.05, 0.1) is 6.61 Å². The SMILES string of the molecule is C=CC(=O)N1Cc2ccc(CO)cc2[C@H](c2ccccc2)C1. The molecule has 112 valence electrons. The highest BCUT2D eigenvalue weighted by Gasteiger charge is 2.28. The summed E-state index contributed by atoms with van der Waals surface area (Å²) in [5.74, 6) is 0.0816. The highest BCUT2D eigenvalue weighted by Crippen LogP contribution is 2.34. The number of carbonyl (C=O) groups excluding carboxylic acids is 1. The summed E-state index contributed by atoms with van der Waals surface area (Å²) < 4.78 is 0. The molecule has 1 N–H and O–H groups in total. The van der Waals surface area contributed by atoms with Gasteiger partial charge in [-0.05, 0) is 28.3 Å². The van der Waals surface area contributed by atoms with Crippen LogP contribution >= 0.6 is 0 Å². The largest absolute Gasteiger partial charge is 0.392 e. The molecule has 1 aliphatic heterocycles. The van der Waals surface area contributed by atoms with Gasteiger partial charge < -0.3 is 10.0 Å². The molecule has 0 spiro atoms. The van der Waals surface area contributed by atoms with E-state index in [1.54, 1.807) is 0 Å². The van der Waals surface area contributed by atoms with Crippen molar-refractivity contribution in [3.05, 3.63) is 83.4 Å². The number of rotatable bonds is 3. The van der Waals surface area contributed by atoms with Gasteiger partial charge in [0.25, 0.3) is 0 Å². The van der Waals surface area contributed by atoms with Crippen LogP contribution in [0.3, 0.4) is 0 Å². The van der Waals surface area contributed by atoms with Crippen LogP contribution in [0.1, 0.15) is 28.2 Å². The molecule has 0 saturated heterocycles. The summed E-state index contributed by atoms with van der Waals surface area (Å²) in [6.45, 7) is 4.85. The van der Waals surface area contributed by atoms with Crippen molar-refractivity contribution in [1.29, 1.82) is 0 Å². The van der Waals surface area contributed by atoms with Crippen LogP contribution in [-0.4, -0.2) is 22.5 Å². The Kier molecular flexibility index (Phi) is 4.07. The molecule has 1 aliphatic rings. The second-order valence-corrected chi connectivity index (χ2v) is 5.58. The molecule has 2 aromatic carbocycles. The van der Waals surface area contributed by atoms with Gasteiger partial charge in [-0.1, -0.05) is 55.1 Å². The normalized spacial score (nSPS) is 17.0. The van der Waals surface area contributed by atoms with Gasteiger partial charge in [0.2, 0.25) is 5.91 Å². The Morgan fingerprint density at radius 3 is 2.73 bits per heavy atom. The van der Waals surface area contributed by atoms with Crippen molar-refractivity contribution in [3.8, 4) is 0 Å². The van der Waals surface area contributed by atoms with Crippen LogP contribution in [0.2, 0.25) is 0 Å². The van der Waals surface area contributed by atoms with Crippen molar-refractivity contribution in [3.63, 3.8) is 0 Å². The van der Waals surface area contributed by atoms with Gasteiger partial charge in [0.1, 0.15) is 0 Å². The molecule has 1 amide bonds. The number of aliphatic hydroxyl groups is 1. The highest BCUT2D eigenvalue weighted by molar-refractivity contribution is 5.87. The van der Waals surface area contributed by atoms with Crippen molar-refractivity contribution < 1.29 is 9.90 Å². The molecule has 22 heavy (non-hydrogen) atoms. The van der Waals surface area contributed by atoms with E-state index in [2.05, 4.69) is 24.8 Å². The van der Waals surface area contributed by atoms with Gasteiger partial charge in [0, 0.05) is 19.0 Å². The standard InChI is InChI=1S/C19H19NO2/c1-2-19(22)20-11-16-9-8-14(13-21)10-17(16)18(12-20)15-6-4-3-5-7-15/h2-10,18,21H,1,11-13H2/t18-/m0/s1. The van der Waals surface area contributed by atoms with Crippen LogP contribution in [0.15, 0.2) is 61.2 Å². The Hall–Kier alpha value is -2.39. The minimum atomic E-state index is -0.0437. The van der Waals surface area contributed by atoms with Crippen molar-refractivity contribution in [1.82, 2.24) is 4.90 Å². The van der Waals surface area contributed by atoms with Gasteiger partial charge in [-0.3, -0.25) is 4.79 Å². The smallest absolute Gasteiger partial charge is 0.246 e. The first-order chi connectivity index (χ1) is 10.7. The second-order valence-electron chi connectivity index (χ2n) is 5.58. The van der Waals surface area contributed by atoms with E-state index in [0.717, 1.165) is 11.1 Å². The quantitative estimate of drug-likeness (QED) is 0.884. The van der Waals surface area contributed by atoms with E-state index in [1.807, 2.05) is 35.2 Å². The molecule has 3 nitrogen and oxygen atoms in total. The van der Waals surface area contributed by atoms with Gasteiger partial charge in [-0.2, -0.15) is 0 Å². The van der Waals surface area contributed by atoms with E-state index >= 15 is 0 Å². The zero-order valence-corrected chi connectivity index (χ0v) is 12.4.